The Morgan fingerprint density at radius 1 is 1.50 bits per heavy atom. The van der Waals surface area contributed by atoms with Crippen molar-refractivity contribution in [3.63, 3.8) is 0 Å². The van der Waals surface area contributed by atoms with Gasteiger partial charge < -0.3 is 4.74 Å². The lowest BCUT2D eigenvalue weighted by Gasteiger charge is -2.03. The molecule has 1 unspecified atom stereocenters. The Labute approximate surface area is 65.7 Å². The maximum absolute atomic E-state index is 5.27. The molecule has 1 atom stereocenters. The molecular formula is C8H18OSi. The number of hydrogen-bond acceptors (Lipinski definition) is 1. The molecule has 0 aliphatic carbocycles. The van der Waals surface area contributed by atoms with Gasteiger partial charge in [-0.05, 0) is 13.8 Å². The molecule has 0 spiro atoms. The summed E-state index contributed by atoms with van der Waals surface area (Å²) in [4.78, 5) is 0. The molecule has 0 N–H and O–H groups in total. The zero-order chi connectivity index (χ0) is 7.98. The van der Waals surface area contributed by atoms with E-state index in [1.807, 2.05) is 20.1 Å². The Morgan fingerprint density at radius 2 is 2.10 bits per heavy atom. The van der Waals surface area contributed by atoms with E-state index in [9.17, 15) is 0 Å². The van der Waals surface area contributed by atoms with Gasteiger partial charge in [-0.3, -0.25) is 0 Å². The molecule has 0 aromatic carbocycles. The molecule has 0 aromatic heterocycles. The molecule has 0 bridgehead atoms. The van der Waals surface area contributed by atoms with Gasteiger partial charge in [-0.15, -0.1) is 0 Å². The van der Waals surface area contributed by atoms with Crippen molar-refractivity contribution in [2.75, 3.05) is 0 Å². The van der Waals surface area contributed by atoms with Gasteiger partial charge in [-0.25, -0.2) is 0 Å². The first-order valence-corrected chi connectivity index (χ1v) is 6.62. The smallest absolute Gasteiger partial charge is 0.0922 e. The SMILES string of the molecule is CC[SiH](C)C=COC(C)C. The van der Waals surface area contributed by atoms with E-state index in [2.05, 4.69) is 19.2 Å². The van der Waals surface area contributed by atoms with E-state index in [-0.39, 0.29) is 0 Å². The molecule has 10 heavy (non-hydrogen) atoms. The zero-order valence-corrected chi connectivity index (χ0v) is 8.58. The van der Waals surface area contributed by atoms with Crippen LogP contribution in [0.1, 0.15) is 20.8 Å². The second-order valence-corrected chi connectivity index (χ2v) is 6.05. The van der Waals surface area contributed by atoms with E-state index in [4.69, 9.17) is 4.74 Å². The Bertz CT molecular complexity index is 99.4. The molecule has 0 saturated heterocycles. The first kappa shape index (κ1) is 9.76. The fourth-order valence-corrected chi connectivity index (χ4v) is 1.10. The molecule has 0 aliphatic heterocycles. The highest BCUT2D eigenvalue weighted by atomic mass is 28.3. The molecule has 0 heterocycles. The van der Waals surface area contributed by atoms with E-state index < -0.39 is 8.80 Å². The van der Waals surface area contributed by atoms with Crippen LogP contribution in [0.5, 0.6) is 0 Å². The topological polar surface area (TPSA) is 9.23 Å². The van der Waals surface area contributed by atoms with Crippen molar-refractivity contribution in [1.29, 1.82) is 0 Å². The van der Waals surface area contributed by atoms with Crippen molar-refractivity contribution in [3.8, 4) is 0 Å². The molecule has 0 rings (SSSR count). The fraction of sp³-hybridized carbons (Fsp3) is 0.750. The average molecular weight is 158 g/mol. The number of hydrogen-bond donors (Lipinski definition) is 0. The minimum absolute atomic E-state index is 0.328. The molecule has 60 valence electrons. The molecule has 1 nitrogen and oxygen atoms in total. The molecule has 0 aliphatic rings. The number of rotatable bonds is 4. The monoisotopic (exact) mass is 158 g/mol. The maximum atomic E-state index is 5.27. The van der Waals surface area contributed by atoms with Crippen LogP contribution < -0.4 is 0 Å². The second-order valence-electron chi connectivity index (χ2n) is 2.90. The summed E-state index contributed by atoms with van der Waals surface area (Å²) in [7, 11) is -0.546. The molecule has 0 amide bonds. The Hall–Kier alpha value is -0.243. The summed E-state index contributed by atoms with van der Waals surface area (Å²) in [6.07, 6.45) is 2.19. The average Bonchev–Trinajstić information content (AvgIpc) is 1.87. The summed E-state index contributed by atoms with van der Waals surface area (Å²) >= 11 is 0. The highest BCUT2D eigenvalue weighted by Gasteiger charge is 1.92. The third-order valence-corrected chi connectivity index (χ3v) is 3.50. The van der Waals surface area contributed by atoms with Gasteiger partial charge in [0.25, 0.3) is 0 Å². The minimum atomic E-state index is -0.546. The van der Waals surface area contributed by atoms with Gasteiger partial charge in [0.15, 0.2) is 0 Å². The van der Waals surface area contributed by atoms with Crippen molar-refractivity contribution in [1.82, 2.24) is 0 Å². The summed E-state index contributed by atoms with van der Waals surface area (Å²) < 4.78 is 5.27. The summed E-state index contributed by atoms with van der Waals surface area (Å²) in [5.41, 5.74) is 2.24. The number of ether oxygens (including phenoxy) is 1. The quantitative estimate of drug-likeness (QED) is 0.451. The minimum Gasteiger partial charge on any atom is -0.499 e. The summed E-state index contributed by atoms with van der Waals surface area (Å²) in [5.74, 6) is 0. The van der Waals surface area contributed by atoms with E-state index >= 15 is 0 Å². The van der Waals surface area contributed by atoms with Gasteiger partial charge in [-0.1, -0.05) is 25.2 Å². The van der Waals surface area contributed by atoms with Gasteiger partial charge >= 0.3 is 0 Å². The lowest BCUT2D eigenvalue weighted by Crippen LogP contribution is -2.01. The third kappa shape index (κ3) is 5.89. The van der Waals surface area contributed by atoms with E-state index in [0.29, 0.717) is 6.10 Å². The summed E-state index contributed by atoms with van der Waals surface area (Å²) in [6.45, 7) is 8.64. The van der Waals surface area contributed by atoms with Crippen molar-refractivity contribution in [3.05, 3.63) is 12.0 Å². The van der Waals surface area contributed by atoms with Gasteiger partial charge in [0.1, 0.15) is 0 Å². The van der Waals surface area contributed by atoms with Crippen LogP contribution in [0.15, 0.2) is 12.0 Å². The molecule has 0 fully saturated rings. The normalized spacial score (nSPS) is 14.5. The van der Waals surface area contributed by atoms with Crippen molar-refractivity contribution in [2.45, 2.75) is 39.5 Å². The summed E-state index contributed by atoms with van der Waals surface area (Å²) in [6, 6.07) is 1.32. The van der Waals surface area contributed by atoms with E-state index in [0.717, 1.165) is 0 Å². The van der Waals surface area contributed by atoms with Crippen LogP contribution in [0.25, 0.3) is 0 Å². The largest absolute Gasteiger partial charge is 0.499 e. The molecule has 0 saturated carbocycles. The Balaban J connectivity index is 3.36. The van der Waals surface area contributed by atoms with Gasteiger partial charge in [0.2, 0.25) is 0 Å². The van der Waals surface area contributed by atoms with E-state index in [1.165, 1.54) is 6.04 Å². The van der Waals surface area contributed by atoms with Crippen LogP contribution in [0.2, 0.25) is 12.6 Å². The highest BCUT2D eigenvalue weighted by molar-refractivity contribution is 6.62. The summed E-state index contributed by atoms with van der Waals surface area (Å²) in [5, 5.41) is 0. The standard InChI is InChI=1S/C8H18OSi/c1-5-10(4)7-6-9-8(2)3/h6-8,10H,5H2,1-4H3. The maximum Gasteiger partial charge on any atom is 0.0922 e. The van der Waals surface area contributed by atoms with Crippen molar-refractivity contribution in [2.24, 2.45) is 0 Å². The van der Waals surface area contributed by atoms with Gasteiger partial charge in [0, 0.05) is 0 Å². The lowest BCUT2D eigenvalue weighted by molar-refractivity contribution is 0.180. The van der Waals surface area contributed by atoms with Crippen LogP contribution in [0, 0.1) is 0 Å². The third-order valence-electron chi connectivity index (χ3n) is 1.40. The zero-order valence-electron chi connectivity index (χ0n) is 7.42. The van der Waals surface area contributed by atoms with Crippen molar-refractivity contribution >= 4 is 8.80 Å². The second kappa shape index (κ2) is 5.53. The van der Waals surface area contributed by atoms with Crippen LogP contribution in [0.3, 0.4) is 0 Å². The molecule has 0 radical (unpaired) electrons. The molecule has 2 heteroatoms. The predicted octanol–water partition coefficient (Wildman–Crippen LogP) is 2.34. The lowest BCUT2D eigenvalue weighted by atomic mass is 10.5. The van der Waals surface area contributed by atoms with E-state index in [1.54, 1.807) is 0 Å². The van der Waals surface area contributed by atoms with Crippen LogP contribution in [-0.4, -0.2) is 14.9 Å². The fourth-order valence-electron chi connectivity index (χ4n) is 0.473. The first-order chi connectivity index (χ1) is 4.66. The van der Waals surface area contributed by atoms with Crippen LogP contribution in [-0.2, 0) is 4.74 Å². The first-order valence-electron chi connectivity index (χ1n) is 3.99. The Morgan fingerprint density at radius 3 is 2.50 bits per heavy atom. The highest BCUT2D eigenvalue weighted by Crippen LogP contribution is 1.94. The van der Waals surface area contributed by atoms with Gasteiger partial charge in [0.05, 0.1) is 21.2 Å². The Kier molecular flexibility index (Phi) is 5.40. The molecular weight excluding hydrogens is 140 g/mol. The molecule has 0 aromatic rings. The van der Waals surface area contributed by atoms with Crippen LogP contribution in [0.4, 0.5) is 0 Å². The van der Waals surface area contributed by atoms with Gasteiger partial charge in [-0.2, -0.15) is 0 Å². The predicted molar refractivity (Wildman–Crippen MR) is 48.9 cm³/mol. The van der Waals surface area contributed by atoms with Crippen LogP contribution >= 0.6 is 0 Å². The van der Waals surface area contributed by atoms with Crippen molar-refractivity contribution < 1.29 is 4.74 Å².